The summed E-state index contributed by atoms with van der Waals surface area (Å²) in [6.45, 7) is 4.00. The summed E-state index contributed by atoms with van der Waals surface area (Å²) in [5.74, 6) is 0. The zero-order valence-corrected chi connectivity index (χ0v) is 18.8. The van der Waals surface area contributed by atoms with Crippen molar-refractivity contribution in [2.45, 2.75) is 38.0 Å². The third-order valence-electron chi connectivity index (χ3n) is 6.35. The number of hydrogen-bond donors (Lipinski definition) is 2. The monoisotopic (exact) mass is 429 g/mol. The average molecular weight is 430 g/mol. The lowest BCUT2D eigenvalue weighted by Gasteiger charge is -2.30. The van der Waals surface area contributed by atoms with Crippen molar-refractivity contribution in [3.8, 4) is 0 Å². The van der Waals surface area contributed by atoms with E-state index in [1.165, 1.54) is 0 Å². The second kappa shape index (κ2) is 8.04. The molecular formula is C26H28N4O2. The smallest absolute Gasteiger partial charge is 0.111 e. The fourth-order valence-corrected chi connectivity index (χ4v) is 4.36. The Balaban J connectivity index is 1.75. The first-order valence-electron chi connectivity index (χ1n) is 11.3. The molecule has 3 atom stereocenters. The van der Waals surface area contributed by atoms with Crippen molar-refractivity contribution in [2.75, 3.05) is 14.2 Å². The van der Waals surface area contributed by atoms with Crippen LogP contribution in [0.3, 0.4) is 0 Å². The van der Waals surface area contributed by atoms with Gasteiger partial charge in [0.05, 0.1) is 30.7 Å². The van der Waals surface area contributed by atoms with Gasteiger partial charge in [-0.3, -0.25) is 4.99 Å². The maximum atomic E-state index is 8.89. The van der Waals surface area contributed by atoms with Crippen LogP contribution in [0.2, 0.25) is 0 Å². The van der Waals surface area contributed by atoms with Crippen LogP contribution in [-0.2, 0) is 15.9 Å². The molecule has 0 fully saturated rings. The van der Waals surface area contributed by atoms with Crippen LogP contribution < -0.4 is 10.7 Å². The lowest BCUT2D eigenvalue weighted by molar-refractivity contribution is 0.0694. The first-order valence-corrected chi connectivity index (χ1v) is 10.8. The summed E-state index contributed by atoms with van der Waals surface area (Å²) in [5, 5.41) is 1.86. The molecule has 0 aromatic carbocycles. The molecule has 3 aliphatic rings. The maximum absolute atomic E-state index is 8.89. The van der Waals surface area contributed by atoms with Crippen molar-refractivity contribution in [3.63, 3.8) is 0 Å². The zero-order chi connectivity index (χ0) is 23.2. The molecule has 2 N–H and O–H groups in total. The third-order valence-corrected chi connectivity index (χ3v) is 6.35. The Bertz CT molecular complexity index is 1370. The topological polar surface area (TPSA) is 74.8 Å². The Hall–Kier alpha value is -3.22. The van der Waals surface area contributed by atoms with E-state index in [0.717, 1.165) is 44.8 Å². The standard InChI is InChI=1S/C26H28N4O2/c1-16(31-3)24-14-23-13-21-8-6-19(28-21)11-18-5-7-20(27-18)12-22-9-10-26(30-22,17(2)32-4)15-25(24)29-23/h5-14,16-17,28-29H,15H2,1-4H3/i14D. The van der Waals surface area contributed by atoms with E-state index >= 15 is 0 Å². The summed E-state index contributed by atoms with van der Waals surface area (Å²) < 4.78 is 20.3. The number of methoxy groups -OCH3 is 2. The van der Waals surface area contributed by atoms with Crippen LogP contribution in [0, 0.1) is 0 Å². The number of rotatable bonds is 4. The predicted molar refractivity (Wildman–Crippen MR) is 128 cm³/mol. The van der Waals surface area contributed by atoms with Crippen LogP contribution in [0.1, 0.15) is 38.3 Å². The molecule has 3 unspecified atom stereocenters. The SMILES string of the molecule is [2H]c1c2[nH]c(c1C(C)OC)CC1(C(C)OC)C=CC(=N1)C=C1C=CC(=N1)C=c1ccc([nH]1)=C2. The lowest BCUT2D eigenvalue weighted by Crippen LogP contribution is -2.39. The first kappa shape index (κ1) is 19.5. The van der Waals surface area contributed by atoms with Crippen molar-refractivity contribution in [1.29, 1.82) is 0 Å². The van der Waals surface area contributed by atoms with Gasteiger partial charge in [-0.05, 0) is 68.5 Å². The fraction of sp³-hybridized carbons (Fsp3) is 0.308. The van der Waals surface area contributed by atoms with E-state index in [1.54, 1.807) is 14.2 Å². The molecule has 0 saturated heterocycles. The Morgan fingerprint density at radius 2 is 1.81 bits per heavy atom. The van der Waals surface area contributed by atoms with Gasteiger partial charge in [0.25, 0.3) is 0 Å². The number of fused-ring (bicyclic) bond motifs is 6. The van der Waals surface area contributed by atoms with Crippen molar-refractivity contribution in [1.82, 2.24) is 9.97 Å². The van der Waals surface area contributed by atoms with Crippen LogP contribution >= 0.6 is 0 Å². The van der Waals surface area contributed by atoms with E-state index in [4.69, 9.17) is 20.8 Å². The molecule has 32 heavy (non-hydrogen) atoms. The Kier molecular flexibility index (Phi) is 4.89. The van der Waals surface area contributed by atoms with Crippen LogP contribution in [-0.4, -0.2) is 47.3 Å². The Labute approximate surface area is 188 Å². The third kappa shape index (κ3) is 3.76. The lowest BCUT2D eigenvalue weighted by atomic mass is 9.87. The Morgan fingerprint density at radius 1 is 1.00 bits per heavy atom. The molecule has 164 valence electrons. The summed E-state index contributed by atoms with van der Waals surface area (Å²) in [6.07, 6.45) is 14.2. The minimum absolute atomic E-state index is 0.170. The van der Waals surface area contributed by atoms with Gasteiger partial charge in [-0.2, -0.15) is 0 Å². The van der Waals surface area contributed by atoms with Crippen molar-refractivity contribution in [2.24, 2.45) is 9.98 Å². The van der Waals surface area contributed by atoms with Gasteiger partial charge in [0.1, 0.15) is 5.54 Å². The zero-order valence-electron chi connectivity index (χ0n) is 19.8. The molecule has 2 aromatic heterocycles. The Morgan fingerprint density at radius 3 is 2.59 bits per heavy atom. The first-order chi connectivity index (χ1) is 15.9. The van der Waals surface area contributed by atoms with Crippen LogP contribution in [0.4, 0.5) is 0 Å². The molecule has 2 aromatic rings. The van der Waals surface area contributed by atoms with E-state index in [0.29, 0.717) is 12.5 Å². The van der Waals surface area contributed by atoms with Crippen molar-refractivity contribution in [3.05, 3.63) is 81.9 Å². The van der Waals surface area contributed by atoms with E-state index in [9.17, 15) is 0 Å². The summed E-state index contributed by atoms with van der Waals surface area (Å²) >= 11 is 0. The largest absolute Gasteiger partial charge is 0.379 e. The van der Waals surface area contributed by atoms with Gasteiger partial charge in [-0.15, -0.1) is 0 Å². The highest BCUT2D eigenvalue weighted by atomic mass is 16.5. The molecule has 0 saturated carbocycles. The molecule has 5 rings (SSSR count). The van der Waals surface area contributed by atoms with Gasteiger partial charge in [0.2, 0.25) is 0 Å². The molecule has 3 aliphatic heterocycles. The molecule has 5 heterocycles. The minimum Gasteiger partial charge on any atom is -0.379 e. The number of aromatic amines is 2. The van der Waals surface area contributed by atoms with Gasteiger partial charge in [0, 0.05) is 48.3 Å². The highest BCUT2D eigenvalue weighted by Crippen LogP contribution is 2.34. The number of nitrogens with zero attached hydrogens (tertiary/aromatic N) is 2. The quantitative estimate of drug-likeness (QED) is 0.784. The number of aliphatic imine (C=N–C) groups is 2. The van der Waals surface area contributed by atoms with E-state index in [2.05, 4.69) is 16.0 Å². The van der Waals surface area contributed by atoms with Crippen LogP contribution in [0.25, 0.3) is 12.2 Å². The molecule has 8 bridgehead atoms. The molecule has 6 nitrogen and oxygen atoms in total. The number of aromatic nitrogens is 2. The molecule has 6 heteroatoms. The van der Waals surface area contributed by atoms with E-state index in [1.807, 2.05) is 62.4 Å². The highest BCUT2D eigenvalue weighted by molar-refractivity contribution is 6.19. The highest BCUT2D eigenvalue weighted by Gasteiger charge is 2.38. The van der Waals surface area contributed by atoms with Gasteiger partial charge in [-0.1, -0.05) is 6.08 Å². The summed E-state index contributed by atoms with van der Waals surface area (Å²) in [7, 11) is 3.37. The molecular weight excluding hydrogens is 400 g/mol. The van der Waals surface area contributed by atoms with E-state index < -0.39 is 5.54 Å². The van der Waals surface area contributed by atoms with Gasteiger partial charge >= 0.3 is 0 Å². The summed E-state index contributed by atoms with van der Waals surface area (Å²) in [6, 6.07) is 4.45. The van der Waals surface area contributed by atoms with Crippen LogP contribution in [0.5, 0.6) is 0 Å². The van der Waals surface area contributed by atoms with Crippen molar-refractivity contribution >= 4 is 23.6 Å². The normalized spacial score (nSPS) is 23.6. The predicted octanol–water partition coefficient (Wildman–Crippen LogP) is 2.89. The number of hydrogen-bond acceptors (Lipinski definition) is 4. The molecule has 0 radical (unpaired) electrons. The van der Waals surface area contributed by atoms with Crippen LogP contribution in [0.15, 0.2) is 64.2 Å². The number of allylic oxidation sites excluding steroid dienone is 4. The molecule has 0 amide bonds. The van der Waals surface area contributed by atoms with Gasteiger partial charge < -0.3 is 19.4 Å². The maximum Gasteiger partial charge on any atom is 0.111 e. The number of H-pyrrole nitrogens is 2. The minimum atomic E-state index is -0.602. The fourth-order valence-electron chi connectivity index (χ4n) is 4.36. The molecule has 0 aliphatic carbocycles. The average Bonchev–Trinajstić information content (AvgIpc) is 3.58. The van der Waals surface area contributed by atoms with Gasteiger partial charge in [0.15, 0.2) is 0 Å². The number of nitrogens with one attached hydrogen (secondary N) is 2. The second-order valence-electron chi connectivity index (χ2n) is 8.45. The summed E-state index contributed by atoms with van der Waals surface area (Å²) in [4.78, 5) is 16.7. The summed E-state index contributed by atoms with van der Waals surface area (Å²) in [5.41, 5.74) is 4.49. The van der Waals surface area contributed by atoms with E-state index in [-0.39, 0.29) is 12.2 Å². The molecule has 0 spiro atoms. The number of ether oxygens (including phenoxy) is 2. The second-order valence-corrected chi connectivity index (χ2v) is 8.45. The van der Waals surface area contributed by atoms with Crippen molar-refractivity contribution < 1.29 is 10.8 Å². The van der Waals surface area contributed by atoms with Gasteiger partial charge in [-0.25, -0.2) is 4.99 Å².